The fourth-order valence-electron chi connectivity index (χ4n) is 18.2. The van der Waals surface area contributed by atoms with E-state index >= 15 is 0 Å². The third-order valence-electron chi connectivity index (χ3n) is 25.0. The molecule has 0 bridgehead atoms. The minimum absolute atomic E-state index is 0. The minimum atomic E-state index is -1.77. The molecule has 6 N–H and O–H groups in total. The van der Waals surface area contributed by atoms with Crippen molar-refractivity contribution < 1.29 is 89.9 Å². The van der Waals surface area contributed by atoms with Crippen molar-refractivity contribution >= 4 is 76.6 Å². The number of aldehydes is 3. The number of nitrogens with zero attached hydrogens (tertiary/aromatic N) is 4. The van der Waals surface area contributed by atoms with Crippen molar-refractivity contribution in [1.29, 1.82) is 0 Å². The van der Waals surface area contributed by atoms with E-state index in [1.165, 1.54) is 170 Å². The Labute approximate surface area is 892 Å². The Morgan fingerprint density at radius 3 is 1.35 bits per heavy atom. The molecule has 11 rings (SSSR count). The van der Waals surface area contributed by atoms with Gasteiger partial charge >= 0.3 is 29.3 Å². The lowest BCUT2D eigenvalue weighted by molar-refractivity contribution is -0.144. The summed E-state index contributed by atoms with van der Waals surface area (Å²) < 4.78 is 39.2. The van der Waals surface area contributed by atoms with Crippen LogP contribution in [0.1, 0.15) is 390 Å². The zero-order valence-corrected chi connectivity index (χ0v) is 96.0. The van der Waals surface area contributed by atoms with Gasteiger partial charge in [0.05, 0.1) is 18.9 Å². The molecule has 1 saturated heterocycles. The molecule has 0 radical (unpaired) electrons. The number of likely N-dealkylation sites (tertiary alicyclic amines) is 1. The first-order valence-corrected chi connectivity index (χ1v) is 56.2. The zero-order chi connectivity index (χ0) is 110. The maximum absolute atomic E-state index is 11.5. The molecule has 1 aliphatic heterocycles. The van der Waals surface area contributed by atoms with Gasteiger partial charge in [-0.05, 0) is 292 Å². The molecule has 22 nitrogen and oxygen atoms in total. The quantitative estimate of drug-likeness (QED) is 0.00679. The molecule has 0 amide bonds. The number of aliphatic hydroxyl groups is 5. The monoisotopic (exact) mass is 2090 g/mol. The van der Waals surface area contributed by atoms with E-state index in [1.807, 2.05) is 81.1 Å². The van der Waals surface area contributed by atoms with Crippen molar-refractivity contribution in [2.24, 2.45) is 40.4 Å². The number of allylic oxidation sites excluding steroid dienone is 2. The lowest BCUT2D eigenvalue weighted by Gasteiger charge is -2.40. The fourth-order valence-corrected chi connectivity index (χ4v) is 18.8. The van der Waals surface area contributed by atoms with Gasteiger partial charge in [-0.25, -0.2) is 9.13 Å². The number of aromatic hydroxyl groups is 1. The van der Waals surface area contributed by atoms with E-state index in [1.54, 1.807) is 53.6 Å². The maximum Gasteiger partial charge on any atom is 0.395 e. The summed E-state index contributed by atoms with van der Waals surface area (Å²) in [5.41, 5.74) is 9.77. The van der Waals surface area contributed by atoms with Crippen LogP contribution in [0.2, 0.25) is 5.02 Å². The highest BCUT2D eigenvalue weighted by molar-refractivity contribution is 7.18. The van der Waals surface area contributed by atoms with Gasteiger partial charge in [0.25, 0.3) is 0 Å². The number of carbonyl (C=O) groups is 6. The SMILES string of the molecule is CC.CC(C)C.CC1(O)CC(N2CCCCC2)=C(O)C1=O.CC1CC(Cc2ccccc2CC2CC(C)CC(C)(C)C2)CC(C)(C)C1.CCCCCCCCC=CCCCCCCCCO.CCCCOC(=O)CCCCCCCCC(=O)OCCCC.CO.Cc1cc(C)c(O)c(-n2nc3ccc(Cl)cc3n2)c1.Cc1ccc(C)c(C)c1.O=CCC(O)(C=O)CC=O.O=POc1ccccc1.O=POc1ccccc1.[HH].[HH]. The second kappa shape index (κ2) is 82.9. The molecule has 7 aromatic rings. The summed E-state index contributed by atoms with van der Waals surface area (Å²) in [4.78, 5) is 67.4. The number of piperidine rings is 1. The first kappa shape index (κ1) is 137. The predicted octanol–water partition coefficient (Wildman–Crippen LogP) is 31.9. The van der Waals surface area contributed by atoms with E-state index in [4.69, 9.17) is 36.4 Å². The molecule has 5 atom stereocenters. The topological polar surface area (TPSA) is 329 Å². The van der Waals surface area contributed by atoms with Crippen molar-refractivity contribution in [3.05, 3.63) is 201 Å². The number of fused-ring (bicyclic) bond motifs is 1. The summed E-state index contributed by atoms with van der Waals surface area (Å²) in [6.45, 7) is 46.7. The number of para-hydroxylation sites is 2. The predicted molar refractivity (Wildman–Crippen MR) is 607 cm³/mol. The molecular weight excluding hydrogens is 1890 g/mol. The summed E-state index contributed by atoms with van der Waals surface area (Å²) in [6.07, 6.45) is 49.5. The Morgan fingerprint density at radius 2 is 0.952 bits per heavy atom. The number of halogens is 1. The Hall–Kier alpha value is -8.85. The van der Waals surface area contributed by atoms with Crippen molar-refractivity contribution in [2.45, 2.75) is 407 Å². The van der Waals surface area contributed by atoms with E-state index in [2.05, 4.69) is 178 Å². The lowest BCUT2D eigenvalue weighted by Crippen LogP contribution is -2.33. The number of aryl methyl sites for hydroxylation is 5. The normalized spacial score (nSPS) is 16.7. The van der Waals surface area contributed by atoms with Crippen molar-refractivity contribution in [2.75, 3.05) is 40.0 Å². The van der Waals surface area contributed by atoms with Crippen molar-refractivity contribution in [3.63, 3.8) is 0 Å². The third kappa shape index (κ3) is 65.2. The minimum Gasteiger partial charge on any atom is -0.505 e. The van der Waals surface area contributed by atoms with Gasteiger partial charge in [-0.15, -0.1) is 15.0 Å². The average Bonchev–Trinajstić information content (AvgIpc) is 1.62. The first-order valence-electron chi connectivity index (χ1n) is 54.3. The van der Waals surface area contributed by atoms with Gasteiger partial charge in [0.15, 0.2) is 12.0 Å². The number of benzene rings is 6. The number of aromatic nitrogens is 3. The molecule has 146 heavy (non-hydrogen) atoms. The van der Waals surface area contributed by atoms with Crippen LogP contribution in [0.25, 0.3) is 16.7 Å². The number of hydrogen-bond donors (Lipinski definition) is 6. The number of ketones is 1. The number of aliphatic hydroxyl groups excluding tert-OH is 3. The summed E-state index contributed by atoms with van der Waals surface area (Å²) >= 11 is 5.93. The standard InChI is InChI=1S/C26H42.C18H34O4.C18H36O.C14H12ClN3O.C11H17NO3.C9H12.C6H8O4.2C6H5O2P.C4H10.C2H6.CH4O.2H2/c1-19-11-21(17-25(3,4)15-19)13-23-9-7-8-10-24(23)14-22-12-20(2)16-26(5,6)18-22;1-3-5-15-21-17(19)13-11-9-7-8-10-12-14-18(20)22-16-6-4-2;1-2-3-4-5-6-7-8-9-10-11-12-13-14-15-16-17-18-19;1-8-5-9(2)14(19)13(6-8)18-16-11-4-3-10(15)7-12(11)17-18;1-11(15)7-8(9(13)10(11)14)12-5-3-2-4-6-12;1-7-4-5-8(2)9(3)6-7;7-3-1-6(10,5-9)2-4-8;2*7-9-8-6-4-2-1-3-5-6;1-4(2)3;2*1-2;;/h7-10,19-22H,11-18H2,1-6H3;3-16H2,1-2H3;9-10,19H,2-8,11-18H2,1H3;3-7,19H,1-2H3;13,15H,2-7H2,1H3;4-6H,1-3H3;3-5,10H,1-2H2;2*1-5H;4H,1-3H3;1-2H3;2H,1H3;2*1H. The molecule has 2 saturated carbocycles. The van der Waals surface area contributed by atoms with Gasteiger partial charge in [0, 0.05) is 66.8 Å². The molecule has 5 unspecified atom stereocenters. The molecule has 2 heterocycles. The van der Waals surface area contributed by atoms with E-state index in [-0.39, 0.29) is 69.2 Å². The summed E-state index contributed by atoms with van der Waals surface area (Å²) in [5.74, 6) is 4.87. The zero-order valence-electron chi connectivity index (χ0n) is 93.4. The number of hydrogen-bond acceptors (Lipinski definition) is 21. The van der Waals surface area contributed by atoms with Crippen LogP contribution in [0.5, 0.6) is 17.2 Å². The molecule has 824 valence electrons. The Bertz CT molecular complexity index is 4560. The van der Waals surface area contributed by atoms with E-state index in [9.17, 15) is 53.2 Å². The van der Waals surface area contributed by atoms with Crippen molar-refractivity contribution in [3.8, 4) is 22.9 Å². The van der Waals surface area contributed by atoms with Crippen LogP contribution in [0.15, 0.2) is 157 Å². The number of phenols is 1. The Balaban J connectivity index is -0.00000161. The maximum atomic E-state index is 11.5. The van der Waals surface area contributed by atoms with Gasteiger partial charge in [0.2, 0.25) is 5.78 Å². The van der Waals surface area contributed by atoms with Crippen LogP contribution in [0.4, 0.5) is 0 Å². The fraction of sp³-hybridized carbons (Fsp3) is 0.620. The highest BCUT2D eigenvalue weighted by Crippen LogP contribution is 2.46. The highest BCUT2D eigenvalue weighted by Gasteiger charge is 2.44. The summed E-state index contributed by atoms with van der Waals surface area (Å²) in [6, 6.07) is 43.0. The first-order chi connectivity index (χ1) is 69.8. The van der Waals surface area contributed by atoms with Crippen LogP contribution < -0.4 is 9.05 Å². The molecular formula is C121H195ClN4O18P2. The average molecular weight is 2090 g/mol. The van der Waals surface area contributed by atoms with E-state index in [0.29, 0.717) is 89.5 Å². The lowest BCUT2D eigenvalue weighted by atomic mass is 9.65. The smallest absolute Gasteiger partial charge is 0.395 e. The van der Waals surface area contributed by atoms with Crippen LogP contribution in [-0.4, -0.2) is 138 Å². The van der Waals surface area contributed by atoms with E-state index in [0.717, 1.165) is 150 Å². The van der Waals surface area contributed by atoms with Crippen LogP contribution >= 0.6 is 29.0 Å². The molecule has 6 aromatic carbocycles. The van der Waals surface area contributed by atoms with E-state index < -0.39 is 17.0 Å². The number of Topliss-reactive ketones (excluding diaryl/α,β-unsaturated/α-hetero) is 1. The second-order valence-corrected chi connectivity index (χ2v) is 42.7. The molecule has 1 aromatic heterocycles. The number of unbranched alkanes of at least 4 members (excludes halogenated alkanes) is 19. The van der Waals surface area contributed by atoms with Crippen LogP contribution in [-0.2, 0) is 60.2 Å². The largest absolute Gasteiger partial charge is 0.505 e. The van der Waals surface area contributed by atoms with Gasteiger partial charge in [-0.3, -0.25) is 14.4 Å². The molecule has 3 fully saturated rings. The Kier molecular flexibility index (Phi) is 77.9. The molecule has 0 spiro atoms. The van der Waals surface area contributed by atoms with Crippen LogP contribution in [0.3, 0.4) is 0 Å². The molecule has 3 aliphatic carbocycles. The number of carbonyl (C=O) groups excluding carboxylic acids is 6. The Morgan fingerprint density at radius 1 is 0.534 bits per heavy atom. The van der Waals surface area contributed by atoms with Gasteiger partial charge < -0.3 is 68.4 Å². The summed E-state index contributed by atoms with van der Waals surface area (Å²) in [5, 5.41) is 63.5. The van der Waals surface area contributed by atoms with Crippen molar-refractivity contribution in [1.82, 2.24) is 19.9 Å². The number of rotatable bonds is 45. The van der Waals surface area contributed by atoms with Gasteiger partial charge in [-0.2, -0.15) is 0 Å². The third-order valence-corrected chi connectivity index (χ3v) is 25.8. The summed E-state index contributed by atoms with van der Waals surface area (Å²) in [7, 11) is 0.390. The van der Waals surface area contributed by atoms with Crippen LogP contribution in [0, 0.1) is 75.0 Å². The number of ether oxygens (including phenoxy) is 2. The van der Waals surface area contributed by atoms with Gasteiger partial charge in [0.1, 0.15) is 57.7 Å². The van der Waals surface area contributed by atoms with Gasteiger partial charge in [-0.1, -0.05) is 307 Å². The highest BCUT2D eigenvalue weighted by atomic mass is 35.5. The second-order valence-electron chi connectivity index (χ2n) is 41.6. The molecule has 25 heteroatoms. The molecule has 4 aliphatic rings. The number of phenolic OH excluding ortho intramolecular Hbond substituents is 1. The number of esters is 2.